The Bertz CT molecular complexity index is 929. The second-order valence-corrected chi connectivity index (χ2v) is 5.81. The molecule has 0 aliphatic carbocycles. The first-order valence-corrected chi connectivity index (χ1v) is 7.16. The van der Waals surface area contributed by atoms with Crippen LogP contribution < -0.4 is 0 Å². The van der Waals surface area contributed by atoms with Gasteiger partial charge in [0, 0.05) is 37.8 Å². The summed E-state index contributed by atoms with van der Waals surface area (Å²) in [6.45, 7) is -2.56. The summed E-state index contributed by atoms with van der Waals surface area (Å²) in [5, 5.41) is 10.3. The van der Waals surface area contributed by atoms with Crippen LogP contribution in [0.15, 0.2) is 35.1 Å². The lowest BCUT2D eigenvalue weighted by molar-refractivity contribution is 0.463. The van der Waals surface area contributed by atoms with Crippen LogP contribution in [0.5, 0.6) is 5.75 Å². The molecule has 0 aliphatic rings. The Balaban J connectivity index is 2.33. The summed E-state index contributed by atoms with van der Waals surface area (Å²) in [5.74, 6) is -2.48. The average molecular weight is 373 g/mol. The van der Waals surface area contributed by atoms with Gasteiger partial charge in [-0.15, -0.1) is 0 Å². The standard InChI is InChI=1S/C15H11BrClFN2O/c1-7(13-12(21)3-2-11(18)14(13)17)10-6-20-15-9(10)4-8(16)5-19-15/h2-7,21H,1H3,(H,19,20)/t7-/m0/s1/i1D3. The number of aromatic hydroxyl groups is 1. The van der Waals surface area contributed by atoms with Crippen molar-refractivity contribution in [3.8, 4) is 5.75 Å². The Morgan fingerprint density at radius 1 is 1.52 bits per heavy atom. The average Bonchev–Trinajstić information content (AvgIpc) is 2.89. The maximum atomic E-state index is 13.9. The normalized spacial score (nSPS) is 15.5. The number of H-pyrrole nitrogens is 1. The minimum absolute atomic E-state index is 0.169. The fourth-order valence-corrected chi connectivity index (χ4v) is 2.82. The fraction of sp³-hybridized carbons (Fsp3) is 0.133. The maximum Gasteiger partial charge on any atom is 0.142 e. The Hall–Kier alpha value is -1.59. The lowest BCUT2D eigenvalue weighted by Gasteiger charge is -2.15. The lowest BCUT2D eigenvalue weighted by Crippen LogP contribution is -1.99. The highest BCUT2D eigenvalue weighted by Crippen LogP contribution is 2.40. The fourth-order valence-electron chi connectivity index (χ4n) is 2.22. The summed E-state index contributed by atoms with van der Waals surface area (Å²) in [6.07, 6.45) is 3.06. The van der Waals surface area contributed by atoms with Gasteiger partial charge in [-0.25, -0.2) is 9.37 Å². The predicted octanol–water partition coefficient (Wildman–Crippen LogP) is 4.98. The number of rotatable bonds is 2. The molecule has 0 radical (unpaired) electrons. The molecule has 2 heterocycles. The number of halogens is 3. The number of hydrogen-bond acceptors (Lipinski definition) is 2. The van der Waals surface area contributed by atoms with Crippen molar-refractivity contribution >= 4 is 38.6 Å². The Labute approximate surface area is 138 Å². The molecule has 2 N–H and O–H groups in total. The molecule has 0 bridgehead atoms. The highest BCUT2D eigenvalue weighted by atomic mass is 79.9. The van der Waals surface area contributed by atoms with Gasteiger partial charge in [-0.1, -0.05) is 18.5 Å². The second kappa shape index (κ2) is 5.31. The first-order valence-electron chi connectivity index (χ1n) is 7.49. The van der Waals surface area contributed by atoms with E-state index in [1.807, 2.05) is 0 Å². The van der Waals surface area contributed by atoms with Gasteiger partial charge >= 0.3 is 0 Å². The highest BCUT2D eigenvalue weighted by molar-refractivity contribution is 9.10. The summed E-state index contributed by atoms with van der Waals surface area (Å²) >= 11 is 9.27. The monoisotopic (exact) mass is 371 g/mol. The molecular formula is C15H11BrClFN2O. The van der Waals surface area contributed by atoms with E-state index in [1.54, 1.807) is 12.3 Å². The number of phenolic OH excluding ortho intramolecular Hbond substituents is 1. The van der Waals surface area contributed by atoms with E-state index in [0.29, 0.717) is 21.1 Å². The zero-order chi connectivity index (χ0) is 17.6. The van der Waals surface area contributed by atoms with Crippen LogP contribution in [0.2, 0.25) is 5.02 Å². The van der Waals surface area contributed by atoms with Crippen molar-refractivity contribution in [1.29, 1.82) is 0 Å². The smallest absolute Gasteiger partial charge is 0.142 e. The van der Waals surface area contributed by atoms with Crippen molar-refractivity contribution in [1.82, 2.24) is 9.97 Å². The molecule has 2 aromatic heterocycles. The second-order valence-electron chi connectivity index (χ2n) is 4.52. The van der Waals surface area contributed by atoms with Crippen LogP contribution in [0.4, 0.5) is 4.39 Å². The van der Waals surface area contributed by atoms with Crippen molar-refractivity contribution < 1.29 is 13.6 Å². The van der Waals surface area contributed by atoms with Gasteiger partial charge in [0.1, 0.15) is 17.2 Å². The molecule has 0 spiro atoms. The number of aromatic amines is 1. The van der Waals surface area contributed by atoms with Gasteiger partial charge in [0.05, 0.1) is 5.02 Å². The van der Waals surface area contributed by atoms with Crippen LogP contribution >= 0.6 is 27.5 Å². The van der Waals surface area contributed by atoms with Crippen LogP contribution in [0.25, 0.3) is 11.0 Å². The first kappa shape index (κ1) is 11.0. The summed E-state index contributed by atoms with van der Waals surface area (Å²) in [4.78, 5) is 7.06. The molecule has 0 fully saturated rings. The molecule has 3 nitrogen and oxygen atoms in total. The van der Waals surface area contributed by atoms with Crippen molar-refractivity contribution in [3.05, 3.63) is 57.0 Å². The summed E-state index contributed by atoms with van der Waals surface area (Å²) in [7, 11) is 0. The zero-order valence-corrected chi connectivity index (χ0v) is 12.8. The van der Waals surface area contributed by atoms with Crippen LogP contribution in [-0.4, -0.2) is 15.1 Å². The van der Waals surface area contributed by atoms with E-state index >= 15 is 0 Å². The van der Waals surface area contributed by atoms with Gasteiger partial charge in [-0.2, -0.15) is 0 Å². The largest absolute Gasteiger partial charge is 0.508 e. The number of hydrogen-bond donors (Lipinski definition) is 2. The molecule has 0 amide bonds. The summed E-state index contributed by atoms with van der Waals surface area (Å²) in [6, 6.07) is 3.79. The summed E-state index contributed by atoms with van der Waals surface area (Å²) in [5.41, 5.74) is 0.661. The number of aromatic nitrogens is 2. The number of phenols is 1. The van der Waals surface area contributed by atoms with Gasteiger partial charge in [-0.05, 0) is 39.7 Å². The molecule has 1 aromatic carbocycles. The van der Waals surface area contributed by atoms with Crippen molar-refractivity contribution in [2.75, 3.05) is 0 Å². The van der Waals surface area contributed by atoms with Gasteiger partial charge in [0.25, 0.3) is 0 Å². The van der Waals surface area contributed by atoms with E-state index in [2.05, 4.69) is 25.9 Å². The van der Waals surface area contributed by atoms with E-state index < -0.39 is 23.6 Å². The Morgan fingerprint density at radius 3 is 3.10 bits per heavy atom. The zero-order valence-electron chi connectivity index (χ0n) is 13.5. The third-order valence-electron chi connectivity index (χ3n) is 3.24. The van der Waals surface area contributed by atoms with Gasteiger partial charge in [-0.3, -0.25) is 0 Å². The molecule has 0 saturated heterocycles. The maximum absolute atomic E-state index is 13.9. The molecule has 6 heteroatoms. The topological polar surface area (TPSA) is 48.9 Å². The quantitative estimate of drug-likeness (QED) is 0.667. The molecule has 0 unspecified atom stereocenters. The first-order chi connectivity index (χ1) is 11.2. The number of nitrogens with one attached hydrogen (secondary N) is 1. The number of nitrogens with zero attached hydrogens (tertiary/aromatic N) is 1. The molecule has 108 valence electrons. The van der Waals surface area contributed by atoms with Crippen LogP contribution in [0.3, 0.4) is 0 Å². The molecule has 0 saturated carbocycles. The minimum Gasteiger partial charge on any atom is -0.508 e. The highest BCUT2D eigenvalue weighted by Gasteiger charge is 2.22. The van der Waals surface area contributed by atoms with Crippen molar-refractivity contribution in [2.24, 2.45) is 0 Å². The third-order valence-corrected chi connectivity index (χ3v) is 4.06. The molecule has 3 aromatic rings. The van der Waals surface area contributed by atoms with E-state index in [0.717, 1.165) is 12.1 Å². The number of pyridine rings is 1. The molecular weight excluding hydrogens is 359 g/mol. The van der Waals surface area contributed by atoms with Crippen molar-refractivity contribution in [3.63, 3.8) is 0 Å². The van der Waals surface area contributed by atoms with Crippen LogP contribution in [0.1, 0.15) is 28.0 Å². The molecule has 3 rings (SSSR count). The summed E-state index contributed by atoms with van der Waals surface area (Å²) < 4.78 is 38.2. The predicted molar refractivity (Wildman–Crippen MR) is 84.4 cm³/mol. The van der Waals surface area contributed by atoms with Gasteiger partial charge < -0.3 is 10.1 Å². The van der Waals surface area contributed by atoms with E-state index in [4.69, 9.17) is 15.7 Å². The van der Waals surface area contributed by atoms with Gasteiger partial charge in [0.15, 0.2) is 0 Å². The van der Waals surface area contributed by atoms with Crippen LogP contribution in [-0.2, 0) is 0 Å². The number of fused-ring (bicyclic) bond motifs is 1. The van der Waals surface area contributed by atoms with Crippen LogP contribution in [0, 0.1) is 5.82 Å². The lowest BCUT2D eigenvalue weighted by atomic mass is 9.92. The van der Waals surface area contributed by atoms with E-state index in [9.17, 15) is 9.50 Å². The third kappa shape index (κ3) is 2.40. The molecule has 0 aliphatic heterocycles. The van der Waals surface area contributed by atoms with E-state index in [-0.39, 0.29) is 11.3 Å². The number of benzene rings is 1. The van der Waals surface area contributed by atoms with Gasteiger partial charge in [0.2, 0.25) is 0 Å². The van der Waals surface area contributed by atoms with Crippen molar-refractivity contribution in [2.45, 2.75) is 12.8 Å². The Kier molecular flexibility index (Phi) is 2.79. The Morgan fingerprint density at radius 2 is 2.33 bits per heavy atom. The molecule has 1 atom stereocenters. The van der Waals surface area contributed by atoms with E-state index in [1.165, 1.54) is 6.20 Å². The SMILES string of the molecule is [2H]C([2H])([2H])[C@H](c1c(O)ccc(F)c1Cl)c1c[nH]c2ncc(Br)cc12. The minimum atomic E-state index is -2.56. The molecule has 21 heavy (non-hydrogen) atoms.